The van der Waals surface area contributed by atoms with Crippen LogP contribution in [-0.4, -0.2) is 10.1 Å². The van der Waals surface area contributed by atoms with Crippen LogP contribution < -0.4 is 5.73 Å². The Labute approximate surface area is 112 Å². The fourth-order valence-electron chi connectivity index (χ4n) is 1.87. The summed E-state index contributed by atoms with van der Waals surface area (Å²) in [5.41, 5.74) is 8.51. The molecule has 0 aromatic carbocycles. The average Bonchev–Trinajstić information content (AvgIpc) is 2.99. The number of hydrogen-bond acceptors (Lipinski definition) is 6. The molecular weight excluding hydrogens is 266 g/mol. The molecule has 0 aliphatic rings. The molecule has 4 nitrogen and oxygen atoms in total. The zero-order valence-electron chi connectivity index (χ0n) is 9.93. The lowest BCUT2D eigenvalue weighted by molar-refractivity contribution is 0.439. The number of anilines is 1. The molecule has 3 heterocycles. The third-order valence-corrected chi connectivity index (χ3v) is 4.57. The Morgan fingerprint density at radius 1 is 1.33 bits per heavy atom. The zero-order valence-corrected chi connectivity index (χ0v) is 11.6. The molecule has 3 aromatic heterocycles. The molecule has 3 aromatic rings. The molecule has 18 heavy (non-hydrogen) atoms. The van der Waals surface area contributed by atoms with Gasteiger partial charge in [-0.25, -0.2) is 4.98 Å². The topological polar surface area (TPSA) is 64.9 Å². The van der Waals surface area contributed by atoms with Crippen LogP contribution in [0.2, 0.25) is 0 Å². The van der Waals surface area contributed by atoms with E-state index >= 15 is 0 Å². The molecule has 0 unspecified atom stereocenters. The number of thiophene rings is 1. The highest BCUT2D eigenvalue weighted by atomic mass is 32.1. The van der Waals surface area contributed by atoms with Crippen molar-refractivity contribution in [2.24, 2.45) is 0 Å². The standard InChI is InChI=1S/C12H11N3OS2/c1-6-11(18-7(2)14-6)10-9(12(13)16-15-10)8-4-3-5-17-8/h3-5H,13H2,1-2H3. The van der Waals surface area contributed by atoms with E-state index in [0.29, 0.717) is 5.88 Å². The quantitative estimate of drug-likeness (QED) is 0.775. The molecule has 2 N–H and O–H groups in total. The molecule has 0 fully saturated rings. The molecule has 6 heteroatoms. The minimum atomic E-state index is 0.359. The van der Waals surface area contributed by atoms with Crippen LogP contribution in [0.5, 0.6) is 0 Å². The third kappa shape index (κ3) is 1.74. The lowest BCUT2D eigenvalue weighted by atomic mass is 10.1. The van der Waals surface area contributed by atoms with Gasteiger partial charge in [0.2, 0.25) is 5.88 Å². The van der Waals surface area contributed by atoms with Crippen LogP contribution in [0, 0.1) is 13.8 Å². The largest absolute Gasteiger partial charge is 0.367 e. The summed E-state index contributed by atoms with van der Waals surface area (Å²) in [5, 5.41) is 7.12. The maximum absolute atomic E-state index is 5.89. The van der Waals surface area contributed by atoms with Crippen molar-refractivity contribution in [3.05, 3.63) is 28.2 Å². The highest BCUT2D eigenvalue weighted by Gasteiger charge is 2.21. The molecule has 3 rings (SSSR count). The summed E-state index contributed by atoms with van der Waals surface area (Å²) < 4.78 is 5.15. The van der Waals surface area contributed by atoms with E-state index in [0.717, 1.165) is 31.7 Å². The number of thiazole rings is 1. The number of aromatic nitrogens is 2. The zero-order chi connectivity index (χ0) is 12.7. The summed E-state index contributed by atoms with van der Waals surface area (Å²) in [4.78, 5) is 6.51. The van der Waals surface area contributed by atoms with Crippen LogP contribution in [0.25, 0.3) is 21.0 Å². The van der Waals surface area contributed by atoms with E-state index in [-0.39, 0.29) is 0 Å². The van der Waals surface area contributed by atoms with Gasteiger partial charge in [0, 0.05) is 4.88 Å². The molecule has 0 saturated carbocycles. The monoisotopic (exact) mass is 277 g/mol. The minimum absolute atomic E-state index is 0.359. The van der Waals surface area contributed by atoms with Gasteiger partial charge in [-0.15, -0.1) is 22.7 Å². The molecule has 0 aliphatic carbocycles. The van der Waals surface area contributed by atoms with Crippen molar-refractivity contribution >= 4 is 28.6 Å². The van der Waals surface area contributed by atoms with Gasteiger partial charge >= 0.3 is 0 Å². The maximum atomic E-state index is 5.89. The average molecular weight is 277 g/mol. The van der Waals surface area contributed by atoms with E-state index in [1.807, 2.05) is 31.4 Å². The first-order valence-corrected chi connectivity index (χ1v) is 7.10. The smallest absolute Gasteiger partial charge is 0.231 e. The van der Waals surface area contributed by atoms with Crippen LogP contribution in [0.3, 0.4) is 0 Å². The van der Waals surface area contributed by atoms with Gasteiger partial charge in [0.1, 0.15) is 5.69 Å². The van der Waals surface area contributed by atoms with Crippen molar-refractivity contribution in [3.8, 4) is 21.0 Å². The first-order valence-electron chi connectivity index (χ1n) is 5.40. The van der Waals surface area contributed by atoms with Crippen molar-refractivity contribution in [3.63, 3.8) is 0 Å². The van der Waals surface area contributed by atoms with Gasteiger partial charge in [-0.05, 0) is 25.3 Å². The van der Waals surface area contributed by atoms with E-state index in [1.165, 1.54) is 0 Å². The predicted octanol–water partition coefficient (Wildman–Crippen LogP) is 3.73. The van der Waals surface area contributed by atoms with Crippen LogP contribution in [-0.2, 0) is 0 Å². The van der Waals surface area contributed by atoms with Gasteiger partial charge in [-0.1, -0.05) is 11.2 Å². The fraction of sp³-hybridized carbons (Fsp3) is 0.167. The van der Waals surface area contributed by atoms with E-state index in [1.54, 1.807) is 22.7 Å². The molecule has 92 valence electrons. The van der Waals surface area contributed by atoms with Gasteiger partial charge in [0.05, 0.1) is 21.1 Å². The van der Waals surface area contributed by atoms with E-state index in [2.05, 4.69) is 10.1 Å². The van der Waals surface area contributed by atoms with Crippen LogP contribution in [0.4, 0.5) is 5.88 Å². The summed E-state index contributed by atoms with van der Waals surface area (Å²) in [6.07, 6.45) is 0. The van der Waals surface area contributed by atoms with Crippen molar-refractivity contribution in [2.75, 3.05) is 5.73 Å². The fourth-order valence-corrected chi connectivity index (χ4v) is 3.55. The molecule has 0 radical (unpaired) electrons. The predicted molar refractivity (Wildman–Crippen MR) is 74.8 cm³/mol. The minimum Gasteiger partial charge on any atom is -0.367 e. The Kier molecular flexibility index (Phi) is 2.68. The normalized spacial score (nSPS) is 11.0. The highest BCUT2D eigenvalue weighted by Crippen LogP contribution is 2.41. The van der Waals surface area contributed by atoms with E-state index in [9.17, 15) is 0 Å². The molecular formula is C12H11N3OS2. The summed E-state index contributed by atoms with van der Waals surface area (Å²) in [6, 6.07) is 4.00. The van der Waals surface area contributed by atoms with Crippen molar-refractivity contribution in [1.82, 2.24) is 10.1 Å². The second kappa shape index (κ2) is 4.22. The number of rotatable bonds is 2. The molecule has 0 amide bonds. The van der Waals surface area contributed by atoms with Crippen LogP contribution in [0.15, 0.2) is 22.0 Å². The van der Waals surface area contributed by atoms with Gasteiger partial charge < -0.3 is 10.3 Å². The second-order valence-corrected chi connectivity index (χ2v) is 6.05. The van der Waals surface area contributed by atoms with E-state index in [4.69, 9.17) is 10.3 Å². The van der Waals surface area contributed by atoms with Crippen LogP contribution >= 0.6 is 22.7 Å². The lowest BCUT2D eigenvalue weighted by Crippen LogP contribution is -1.85. The summed E-state index contributed by atoms with van der Waals surface area (Å²) in [7, 11) is 0. The Hall–Kier alpha value is -1.66. The van der Waals surface area contributed by atoms with Crippen molar-refractivity contribution in [1.29, 1.82) is 0 Å². The van der Waals surface area contributed by atoms with Crippen molar-refractivity contribution < 1.29 is 4.52 Å². The first-order chi connectivity index (χ1) is 8.66. The number of nitrogens with zero attached hydrogens (tertiary/aromatic N) is 2. The number of nitrogens with two attached hydrogens (primary N) is 1. The maximum Gasteiger partial charge on any atom is 0.231 e. The Bertz CT molecular complexity index is 682. The third-order valence-electron chi connectivity index (χ3n) is 2.60. The van der Waals surface area contributed by atoms with E-state index < -0.39 is 0 Å². The summed E-state index contributed by atoms with van der Waals surface area (Å²) in [6.45, 7) is 3.96. The lowest BCUT2D eigenvalue weighted by Gasteiger charge is -1.97. The summed E-state index contributed by atoms with van der Waals surface area (Å²) >= 11 is 3.23. The van der Waals surface area contributed by atoms with Crippen LogP contribution in [0.1, 0.15) is 10.7 Å². The van der Waals surface area contributed by atoms with Crippen molar-refractivity contribution in [2.45, 2.75) is 13.8 Å². The molecule has 0 spiro atoms. The van der Waals surface area contributed by atoms with Gasteiger partial charge in [0.15, 0.2) is 0 Å². The Morgan fingerprint density at radius 2 is 2.17 bits per heavy atom. The van der Waals surface area contributed by atoms with Gasteiger partial charge in [-0.3, -0.25) is 0 Å². The van der Waals surface area contributed by atoms with Gasteiger partial charge in [0.25, 0.3) is 0 Å². The Morgan fingerprint density at radius 3 is 2.78 bits per heavy atom. The SMILES string of the molecule is Cc1nc(C)c(-c2noc(N)c2-c2cccs2)s1. The molecule has 0 aliphatic heterocycles. The Balaban J connectivity index is 2.23. The molecule has 0 bridgehead atoms. The second-order valence-electron chi connectivity index (χ2n) is 3.90. The number of nitrogen functional groups attached to an aromatic ring is 1. The first kappa shape index (κ1) is 11.4. The molecule has 0 saturated heterocycles. The number of aryl methyl sites for hydroxylation is 2. The highest BCUT2D eigenvalue weighted by molar-refractivity contribution is 7.15. The van der Waals surface area contributed by atoms with Gasteiger partial charge in [-0.2, -0.15) is 0 Å². The number of hydrogen-bond donors (Lipinski definition) is 1. The molecule has 0 atom stereocenters. The summed E-state index contributed by atoms with van der Waals surface area (Å²) in [5.74, 6) is 0.359.